The quantitative estimate of drug-likeness (QED) is 0.676. The molecule has 1 amide bonds. The molecule has 0 unspecified atom stereocenters. The summed E-state index contributed by atoms with van der Waals surface area (Å²) in [6, 6.07) is 12.4. The average molecular weight is 340 g/mol. The highest BCUT2D eigenvalue weighted by molar-refractivity contribution is 5.76. The zero-order valence-corrected chi connectivity index (χ0v) is 14.6. The van der Waals surface area contributed by atoms with E-state index in [2.05, 4.69) is 17.0 Å². The zero-order valence-electron chi connectivity index (χ0n) is 14.6. The Morgan fingerprint density at radius 1 is 1.28 bits per heavy atom. The Labute approximate surface area is 149 Å². The van der Waals surface area contributed by atoms with Crippen LogP contribution in [0.1, 0.15) is 24.8 Å². The molecular weight excluding hydrogens is 316 g/mol. The van der Waals surface area contributed by atoms with E-state index in [4.69, 9.17) is 15.3 Å². The summed E-state index contributed by atoms with van der Waals surface area (Å²) in [5.41, 5.74) is 1.26. The van der Waals surface area contributed by atoms with Gasteiger partial charge in [-0.25, -0.2) is 0 Å². The number of benzene rings is 1. The number of hydrogen-bond acceptors (Lipinski definition) is 5. The molecule has 6 heteroatoms. The van der Waals surface area contributed by atoms with Crippen LogP contribution in [-0.2, 0) is 11.2 Å². The van der Waals surface area contributed by atoms with Gasteiger partial charge in [-0.05, 0) is 43.5 Å². The number of amides is 1. The second-order valence-corrected chi connectivity index (χ2v) is 6.20. The molecule has 0 spiro atoms. The number of ether oxygens (including phenoxy) is 1. The smallest absolute Gasteiger partial charge is 0.225 e. The summed E-state index contributed by atoms with van der Waals surface area (Å²) >= 11 is 0. The Morgan fingerprint density at radius 3 is 2.56 bits per heavy atom. The van der Waals surface area contributed by atoms with Gasteiger partial charge in [0, 0.05) is 19.0 Å². The van der Waals surface area contributed by atoms with Gasteiger partial charge in [-0.3, -0.25) is 9.69 Å². The van der Waals surface area contributed by atoms with Gasteiger partial charge >= 0.3 is 0 Å². The molecule has 25 heavy (non-hydrogen) atoms. The fraction of sp³-hybridized carbons (Fsp3) is 0.526. The van der Waals surface area contributed by atoms with Crippen molar-refractivity contribution in [2.45, 2.75) is 31.7 Å². The molecule has 1 aromatic carbocycles. The molecule has 1 aliphatic rings. The van der Waals surface area contributed by atoms with Crippen LogP contribution in [-0.4, -0.2) is 55.0 Å². The maximum atomic E-state index is 12.2. The van der Waals surface area contributed by atoms with E-state index in [0.29, 0.717) is 19.0 Å². The van der Waals surface area contributed by atoms with Crippen molar-refractivity contribution in [2.75, 3.05) is 33.3 Å². The van der Waals surface area contributed by atoms with E-state index in [0.717, 1.165) is 31.6 Å². The van der Waals surface area contributed by atoms with Gasteiger partial charge in [-0.2, -0.15) is 10.5 Å². The SMILES string of the molecule is COc1ccc(C[C@@H]2CCCN2CCC(=O)N(CC#N)CC#N)cc1. The molecule has 0 saturated carbocycles. The lowest BCUT2D eigenvalue weighted by atomic mass is 10.0. The maximum absolute atomic E-state index is 12.2. The number of rotatable bonds is 8. The standard InChI is InChI=1S/C19H24N4O2/c1-25-18-6-4-16(5-7-18)15-17-3-2-11-22(17)12-8-19(24)23(13-9-20)14-10-21/h4-7,17H,2-3,8,11-15H2,1H3/t17-/m0/s1. The number of carbonyl (C=O) groups is 1. The van der Waals surface area contributed by atoms with E-state index in [1.807, 2.05) is 24.3 Å². The molecule has 0 bridgehead atoms. The first-order valence-corrected chi connectivity index (χ1v) is 8.56. The third-order valence-corrected chi connectivity index (χ3v) is 4.62. The predicted octanol–water partition coefficient (Wildman–Crippen LogP) is 1.97. The van der Waals surface area contributed by atoms with Crippen molar-refractivity contribution in [3.8, 4) is 17.9 Å². The molecule has 0 N–H and O–H groups in total. The van der Waals surface area contributed by atoms with Crippen molar-refractivity contribution in [2.24, 2.45) is 0 Å². The van der Waals surface area contributed by atoms with Crippen LogP contribution in [0, 0.1) is 22.7 Å². The number of nitrogens with zero attached hydrogens (tertiary/aromatic N) is 4. The summed E-state index contributed by atoms with van der Waals surface area (Å²) in [5.74, 6) is 0.728. The first-order chi connectivity index (χ1) is 12.2. The Bertz CT molecular complexity index is 629. The third kappa shape index (κ3) is 5.48. The van der Waals surface area contributed by atoms with Crippen LogP contribution in [0.4, 0.5) is 0 Å². The van der Waals surface area contributed by atoms with Crippen molar-refractivity contribution in [1.29, 1.82) is 10.5 Å². The predicted molar refractivity (Wildman–Crippen MR) is 93.7 cm³/mol. The van der Waals surface area contributed by atoms with Crippen LogP contribution in [0.25, 0.3) is 0 Å². The van der Waals surface area contributed by atoms with Crippen LogP contribution in [0.3, 0.4) is 0 Å². The Morgan fingerprint density at radius 2 is 1.96 bits per heavy atom. The monoisotopic (exact) mass is 340 g/mol. The van der Waals surface area contributed by atoms with Gasteiger partial charge < -0.3 is 9.64 Å². The van der Waals surface area contributed by atoms with Crippen molar-refractivity contribution >= 4 is 5.91 Å². The van der Waals surface area contributed by atoms with Crippen LogP contribution in [0.5, 0.6) is 5.75 Å². The Hall–Kier alpha value is -2.57. The second kappa shape index (κ2) is 9.66. The lowest BCUT2D eigenvalue weighted by Crippen LogP contribution is -2.37. The van der Waals surface area contributed by atoms with Crippen LogP contribution >= 0.6 is 0 Å². The lowest BCUT2D eigenvalue weighted by Gasteiger charge is -2.25. The highest BCUT2D eigenvalue weighted by Crippen LogP contribution is 2.22. The first kappa shape index (κ1) is 18.8. The zero-order chi connectivity index (χ0) is 18.1. The van der Waals surface area contributed by atoms with Crippen molar-refractivity contribution < 1.29 is 9.53 Å². The summed E-state index contributed by atoms with van der Waals surface area (Å²) in [4.78, 5) is 15.9. The maximum Gasteiger partial charge on any atom is 0.225 e. The number of methoxy groups -OCH3 is 1. The number of hydrogen-bond donors (Lipinski definition) is 0. The van der Waals surface area contributed by atoms with Gasteiger partial charge in [0.1, 0.15) is 18.8 Å². The van der Waals surface area contributed by atoms with E-state index >= 15 is 0 Å². The van der Waals surface area contributed by atoms with E-state index in [9.17, 15) is 4.79 Å². The average Bonchev–Trinajstić information content (AvgIpc) is 3.07. The highest BCUT2D eigenvalue weighted by Gasteiger charge is 2.25. The lowest BCUT2D eigenvalue weighted by molar-refractivity contribution is -0.130. The summed E-state index contributed by atoms with van der Waals surface area (Å²) in [5, 5.41) is 17.5. The Balaban J connectivity index is 1.87. The molecule has 6 nitrogen and oxygen atoms in total. The van der Waals surface area contributed by atoms with Gasteiger partial charge in [0.2, 0.25) is 5.91 Å². The summed E-state index contributed by atoms with van der Waals surface area (Å²) in [6.45, 7) is 1.61. The minimum Gasteiger partial charge on any atom is -0.497 e. The summed E-state index contributed by atoms with van der Waals surface area (Å²) < 4.78 is 5.19. The topological polar surface area (TPSA) is 80.4 Å². The molecule has 1 saturated heterocycles. The van der Waals surface area contributed by atoms with Crippen LogP contribution in [0.15, 0.2) is 24.3 Å². The van der Waals surface area contributed by atoms with Gasteiger partial charge in [0.25, 0.3) is 0 Å². The minimum absolute atomic E-state index is 0.0261. The first-order valence-electron chi connectivity index (χ1n) is 8.56. The van der Waals surface area contributed by atoms with Gasteiger partial charge in [0.15, 0.2) is 0 Å². The van der Waals surface area contributed by atoms with Crippen LogP contribution < -0.4 is 4.74 Å². The fourth-order valence-corrected chi connectivity index (χ4v) is 3.25. The summed E-state index contributed by atoms with van der Waals surface area (Å²) in [7, 11) is 1.66. The molecule has 1 aromatic rings. The van der Waals surface area contributed by atoms with E-state index in [-0.39, 0.29) is 19.0 Å². The van der Waals surface area contributed by atoms with E-state index < -0.39 is 0 Å². The van der Waals surface area contributed by atoms with Crippen molar-refractivity contribution in [1.82, 2.24) is 9.80 Å². The minimum atomic E-state index is -0.127. The van der Waals surface area contributed by atoms with E-state index in [1.165, 1.54) is 10.5 Å². The fourth-order valence-electron chi connectivity index (χ4n) is 3.25. The summed E-state index contributed by atoms with van der Waals surface area (Å²) in [6.07, 6.45) is 3.57. The molecule has 1 heterocycles. The highest BCUT2D eigenvalue weighted by atomic mass is 16.5. The van der Waals surface area contributed by atoms with Crippen molar-refractivity contribution in [3.05, 3.63) is 29.8 Å². The second-order valence-electron chi connectivity index (χ2n) is 6.20. The Kier molecular flexibility index (Phi) is 7.25. The van der Waals surface area contributed by atoms with Crippen LogP contribution in [0.2, 0.25) is 0 Å². The molecule has 0 aliphatic carbocycles. The normalized spacial score (nSPS) is 16.8. The number of nitriles is 2. The van der Waals surface area contributed by atoms with Gasteiger partial charge in [-0.15, -0.1) is 0 Å². The molecule has 1 aliphatic heterocycles. The molecule has 0 aromatic heterocycles. The van der Waals surface area contributed by atoms with Crippen molar-refractivity contribution in [3.63, 3.8) is 0 Å². The van der Waals surface area contributed by atoms with Gasteiger partial charge in [0.05, 0.1) is 19.2 Å². The molecule has 1 fully saturated rings. The molecule has 132 valence electrons. The molecule has 0 radical (unpaired) electrons. The molecular formula is C19H24N4O2. The third-order valence-electron chi connectivity index (χ3n) is 4.62. The number of likely N-dealkylation sites (tertiary alicyclic amines) is 1. The van der Waals surface area contributed by atoms with Gasteiger partial charge in [-0.1, -0.05) is 12.1 Å². The van der Waals surface area contributed by atoms with E-state index in [1.54, 1.807) is 7.11 Å². The number of carbonyl (C=O) groups excluding carboxylic acids is 1. The largest absolute Gasteiger partial charge is 0.497 e. The molecule has 1 atom stereocenters. The molecule has 2 rings (SSSR count).